The predicted molar refractivity (Wildman–Crippen MR) is 94.4 cm³/mol. The molecule has 3 rings (SSSR count). The molecule has 1 aromatic heterocycles. The van der Waals surface area contributed by atoms with Gasteiger partial charge in [0.1, 0.15) is 12.4 Å². The second-order valence-corrected chi connectivity index (χ2v) is 7.41. The molecule has 1 N–H and O–H groups in total. The van der Waals surface area contributed by atoms with Crippen LogP contribution in [0.4, 0.5) is 10.1 Å². The Morgan fingerprint density at radius 3 is 2.67 bits per heavy atom. The summed E-state index contributed by atoms with van der Waals surface area (Å²) in [5.41, 5.74) is 0.670. The number of aromatic nitrogens is 1. The number of oxazole rings is 1. The molecule has 10 heteroatoms. The highest BCUT2D eigenvalue weighted by Gasteiger charge is 2.19. The van der Waals surface area contributed by atoms with Gasteiger partial charge in [-0.15, -0.1) is 0 Å². The summed E-state index contributed by atoms with van der Waals surface area (Å²) in [4.78, 5) is 23.1. The summed E-state index contributed by atoms with van der Waals surface area (Å²) in [7, 11) is -2.86. The Balaban J connectivity index is 1.97. The van der Waals surface area contributed by atoms with Crippen LogP contribution in [0.3, 0.4) is 0 Å². The number of hydrogen-bond acceptors (Lipinski definition) is 6. The molecular weight excluding hydrogens is 379 g/mol. The first-order valence-corrected chi connectivity index (χ1v) is 9.19. The van der Waals surface area contributed by atoms with Gasteiger partial charge in [0.25, 0.3) is 10.0 Å². The zero-order valence-corrected chi connectivity index (χ0v) is 15.2. The maximum atomic E-state index is 13.6. The van der Waals surface area contributed by atoms with Crippen LogP contribution < -0.4 is 10.5 Å². The lowest BCUT2D eigenvalue weighted by atomic mass is 10.2. The Bertz CT molecular complexity index is 1200. The number of carbonyl (C=O) groups excluding carboxylic acids is 1. The van der Waals surface area contributed by atoms with E-state index in [0.29, 0.717) is 5.56 Å². The summed E-state index contributed by atoms with van der Waals surface area (Å²) >= 11 is 0. The average molecular weight is 394 g/mol. The molecule has 0 spiro atoms. The van der Waals surface area contributed by atoms with Crippen LogP contribution in [0, 0.1) is 12.7 Å². The molecular formula is C17H15FN2O6S. The van der Waals surface area contributed by atoms with Crippen molar-refractivity contribution in [1.82, 2.24) is 4.57 Å². The van der Waals surface area contributed by atoms with Gasteiger partial charge in [-0.2, -0.15) is 0 Å². The van der Waals surface area contributed by atoms with E-state index in [-0.39, 0.29) is 28.2 Å². The molecule has 27 heavy (non-hydrogen) atoms. The number of halogens is 1. The van der Waals surface area contributed by atoms with Gasteiger partial charge in [0, 0.05) is 6.07 Å². The average Bonchev–Trinajstić information content (AvgIpc) is 2.92. The van der Waals surface area contributed by atoms with Crippen molar-refractivity contribution in [1.29, 1.82) is 0 Å². The Hall–Kier alpha value is -3.14. The monoisotopic (exact) mass is 394 g/mol. The van der Waals surface area contributed by atoms with Gasteiger partial charge in [-0.3, -0.25) is 14.1 Å². The van der Waals surface area contributed by atoms with E-state index in [9.17, 15) is 22.4 Å². The van der Waals surface area contributed by atoms with E-state index in [1.807, 2.05) is 0 Å². The normalized spacial score (nSPS) is 11.5. The van der Waals surface area contributed by atoms with Crippen molar-refractivity contribution in [3.05, 3.63) is 58.3 Å². The van der Waals surface area contributed by atoms with Crippen LogP contribution in [0.2, 0.25) is 0 Å². The van der Waals surface area contributed by atoms with E-state index in [4.69, 9.17) is 4.42 Å². The smallest absolute Gasteiger partial charge is 0.420 e. The number of rotatable bonds is 5. The van der Waals surface area contributed by atoms with E-state index in [0.717, 1.165) is 16.7 Å². The molecule has 142 valence electrons. The second kappa shape index (κ2) is 6.88. The number of fused-ring (bicyclic) bond motifs is 1. The van der Waals surface area contributed by atoms with E-state index in [1.54, 1.807) is 6.92 Å². The summed E-state index contributed by atoms with van der Waals surface area (Å²) < 4.78 is 51.5. The van der Waals surface area contributed by atoms with Crippen LogP contribution in [0.5, 0.6) is 0 Å². The van der Waals surface area contributed by atoms with Crippen LogP contribution >= 0.6 is 0 Å². The number of aryl methyl sites for hydroxylation is 1. The molecule has 0 aliphatic carbocycles. The summed E-state index contributed by atoms with van der Waals surface area (Å²) in [6, 6.07) is 7.69. The molecule has 0 saturated carbocycles. The lowest BCUT2D eigenvalue weighted by Crippen LogP contribution is -2.20. The number of methoxy groups -OCH3 is 1. The van der Waals surface area contributed by atoms with Crippen LogP contribution in [0.1, 0.15) is 5.56 Å². The Kier molecular flexibility index (Phi) is 4.75. The van der Waals surface area contributed by atoms with Crippen molar-refractivity contribution in [2.75, 3.05) is 11.8 Å². The van der Waals surface area contributed by atoms with Crippen molar-refractivity contribution >= 4 is 32.8 Å². The zero-order valence-electron chi connectivity index (χ0n) is 14.4. The van der Waals surface area contributed by atoms with Crippen molar-refractivity contribution in [3.8, 4) is 0 Å². The van der Waals surface area contributed by atoms with Crippen LogP contribution in [-0.2, 0) is 26.1 Å². The molecule has 0 saturated heterocycles. The largest absolute Gasteiger partial charge is 0.468 e. The van der Waals surface area contributed by atoms with Crippen molar-refractivity contribution < 1.29 is 26.8 Å². The highest BCUT2D eigenvalue weighted by atomic mass is 32.2. The molecule has 3 aromatic rings. The summed E-state index contributed by atoms with van der Waals surface area (Å²) in [5.74, 6) is -2.02. The first kappa shape index (κ1) is 18.6. The minimum Gasteiger partial charge on any atom is -0.468 e. The molecule has 0 radical (unpaired) electrons. The van der Waals surface area contributed by atoms with Crippen molar-refractivity contribution in [3.63, 3.8) is 0 Å². The van der Waals surface area contributed by atoms with Gasteiger partial charge in [-0.25, -0.2) is 17.6 Å². The molecule has 0 bridgehead atoms. The molecule has 2 aromatic carbocycles. The third-order valence-electron chi connectivity index (χ3n) is 3.89. The number of benzene rings is 2. The SMILES string of the molecule is COC(=O)Cn1c(=O)oc2cc(S(=O)(=O)Nc3ccc(C)c(F)c3)ccc21. The summed E-state index contributed by atoms with van der Waals surface area (Å²) in [5, 5.41) is 0. The molecule has 0 amide bonds. The molecule has 0 aliphatic heterocycles. The van der Waals surface area contributed by atoms with Gasteiger partial charge >= 0.3 is 11.7 Å². The first-order valence-electron chi connectivity index (χ1n) is 7.70. The molecule has 0 atom stereocenters. The third kappa shape index (κ3) is 3.70. The lowest BCUT2D eigenvalue weighted by Gasteiger charge is -2.09. The number of sulfonamides is 1. The van der Waals surface area contributed by atoms with Crippen LogP contribution in [0.25, 0.3) is 11.1 Å². The van der Waals surface area contributed by atoms with Gasteiger partial charge in [0.15, 0.2) is 5.58 Å². The highest BCUT2D eigenvalue weighted by molar-refractivity contribution is 7.92. The molecule has 8 nitrogen and oxygen atoms in total. The lowest BCUT2D eigenvalue weighted by molar-refractivity contribution is -0.141. The molecule has 0 unspecified atom stereocenters. The minimum absolute atomic E-state index is 0.0122. The zero-order chi connectivity index (χ0) is 19.8. The van der Waals surface area contributed by atoms with E-state index in [1.165, 1.54) is 31.4 Å². The number of esters is 1. The number of nitrogens with zero attached hydrogens (tertiary/aromatic N) is 1. The van der Waals surface area contributed by atoms with Gasteiger partial charge in [0.05, 0.1) is 23.2 Å². The fourth-order valence-electron chi connectivity index (χ4n) is 2.43. The fourth-order valence-corrected chi connectivity index (χ4v) is 3.49. The highest BCUT2D eigenvalue weighted by Crippen LogP contribution is 2.22. The number of carbonyl (C=O) groups is 1. The van der Waals surface area contributed by atoms with Gasteiger partial charge in [-0.05, 0) is 36.8 Å². The Morgan fingerprint density at radius 1 is 1.26 bits per heavy atom. The van der Waals surface area contributed by atoms with Crippen LogP contribution in [0.15, 0.2) is 50.5 Å². The van der Waals surface area contributed by atoms with Crippen LogP contribution in [-0.4, -0.2) is 26.1 Å². The third-order valence-corrected chi connectivity index (χ3v) is 5.27. The van der Waals surface area contributed by atoms with Crippen molar-refractivity contribution in [2.45, 2.75) is 18.4 Å². The first-order chi connectivity index (χ1) is 12.7. The van der Waals surface area contributed by atoms with Crippen molar-refractivity contribution in [2.24, 2.45) is 0 Å². The summed E-state index contributed by atoms with van der Waals surface area (Å²) in [6.45, 7) is 1.19. The number of nitrogens with one attached hydrogen (secondary N) is 1. The van der Waals surface area contributed by atoms with E-state index < -0.39 is 27.6 Å². The number of hydrogen-bond donors (Lipinski definition) is 1. The van der Waals surface area contributed by atoms with Gasteiger partial charge < -0.3 is 9.15 Å². The standard InChI is InChI=1S/C17H15FN2O6S/c1-10-3-4-11(7-13(10)18)19-27(23,24)12-5-6-14-15(8-12)26-17(22)20(14)9-16(21)25-2/h3-8,19H,9H2,1-2H3. The number of anilines is 1. The van der Waals surface area contributed by atoms with E-state index >= 15 is 0 Å². The maximum Gasteiger partial charge on any atom is 0.420 e. The molecule has 0 fully saturated rings. The topological polar surface area (TPSA) is 108 Å². The maximum absolute atomic E-state index is 13.6. The summed E-state index contributed by atoms with van der Waals surface area (Å²) in [6.07, 6.45) is 0. The molecule has 0 aliphatic rings. The fraction of sp³-hybridized carbons (Fsp3) is 0.176. The Labute approximate surface area is 153 Å². The van der Waals surface area contributed by atoms with E-state index in [2.05, 4.69) is 9.46 Å². The second-order valence-electron chi connectivity index (χ2n) is 5.73. The quantitative estimate of drug-likeness (QED) is 0.664. The Morgan fingerprint density at radius 2 is 2.00 bits per heavy atom. The van der Waals surface area contributed by atoms with Gasteiger partial charge in [-0.1, -0.05) is 6.07 Å². The minimum atomic E-state index is -4.05. The van der Waals surface area contributed by atoms with Gasteiger partial charge in [0.2, 0.25) is 0 Å². The predicted octanol–water partition coefficient (Wildman–Crippen LogP) is 2.02. The number of ether oxygens (including phenoxy) is 1. The molecule has 1 heterocycles.